The topological polar surface area (TPSA) is 121 Å². The maximum absolute atomic E-state index is 13.8. The summed E-state index contributed by atoms with van der Waals surface area (Å²) in [4.78, 5) is 41.3. The van der Waals surface area contributed by atoms with Gasteiger partial charge in [-0.25, -0.2) is 4.79 Å². The van der Waals surface area contributed by atoms with Gasteiger partial charge in [-0.2, -0.15) is 5.26 Å². The minimum absolute atomic E-state index is 0.121. The Bertz CT molecular complexity index is 1200. The molecule has 0 bridgehead atoms. The van der Waals surface area contributed by atoms with Gasteiger partial charge in [0, 0.05) is 13.1 Å². The molecule has 1 saturated heterocycles. The molecule has 0 saturated carbocycles. The molecule has 1 fully saturated rings. The highest BCUT2D eigenvalue weighted by atomic mass is 16.6. The van der Waals surface area contributed by atoms with Crippen LogP contribution in [-0.2, 0) is 27.3 Å². The zero-order valence-corrected chi connectivity index (χ0v) is 23.3. The molecule has 39 heavy (non-hydrogen) atoms. The second kappa shape index (κ2) is 13.1. The summed E-state index contributed by atoms with van der Waals surface area (Å²) in [5.41, 5.74) is 1.52. The number of nitrogens with one attached hydrogen (secondary N) is 2. The van der Waals surface area contributed by atoms with Gasteiger partial charge in [-0.1, -0.05) is 43.3 Å². The number of alkyl carbamates (subject to hydrolysis) is 1. The minimum Gasteiger partial charge on any atom is -0.495 e. The van der Waals surface area contributed by atoms with Crippen LogP contribution in [0.1, 0.15) is 57.2 Å². The molecule has 208 valence electrons. The van der Waals surface area contributed by atoms with E-state index < -0.39 is 23.8 Å². The molecule has 2 aromatic carbocycles. The molecule has 1 aliphatic rings. The Balaban J connectivity index is 1.73. The third-order valence-corrected chi connectivity index (χ3v) is 6.50. The molecule has 3 atom stereocenters. The fraction of sp³-hybridized carbons (Fsp3) is 0.467. The predicted octanol–water partition coefficient (Wildman–Crippen LogP) is 3.95. The van der Waals surface area contributed by atoms with Crippen LogP contribution in [-0.4, -0.2) is 54.1 Å². The maximum atomic E-state index is 13.8. The number of nitrogens with zero attached hydrogens (tertiary/aromatic N) is 2. The molecule has 0 spiro atoms. The normalized spacial score (nSPS) is 17.6. The van der Waals surface area contributed by atoms with Gasteiger partial charge in [-0.3, -0.25) is 9.59 Å². The quantitative estimate of drug-likeness (QED) is 0.503. The fourth-order valence-electron chi connectivity index (χ4n) is 4.65. The largest absolute Gasteiger partial charge is 0.495 e. The van der Waals surface area contributed by atoms with Gasteiger partial charge in [-0.05, 0) is 69.2 Å². The van der Waals surface area contributed by atoms with Crippen molar-refractivity contribution in [3.8, 4) is 11.8 Å². The Morgan fingerprint density at radius 2 is 1.85 bits per heavy atom. The lowest BCUT2D eigenvalue weighted by Gasteiger charge is -2.29. The van der Waals surface area contributed by atoms with E-state index in [9.17, 15) is 19.6 Å². The summed E-state index contributed by atoms with van der Waals surface area (Å²) < 4.78 is 10.7. The third-order valence-electron chi connectivity index (χ3n) is 6.50. The summed E-state index contributed by atoms with van der Waals surface area (Å²) in [6.07, 6.45) is 0.795. The summed E-state index contributed by atoms with van der Waals surface area (Å²) in [6, 6.07) is 15.4. The molecule has 0 radical (unpaired) electrons. The number of hydrogen-bond acceptors (Lipinski definition) is 6. The highest BCUT2D eigenvalue weighted by molar-refractivity contribution is 5.92. The molecular weight excluding hydrogens is 496 g/mol. The number of amides is 3. The van der Waals surface area contributed by atoms with Crippen LogP contribution in [0, 0.1) is 17.2 Å². The molecule has 0 aromatic heterocycles. The summed E-state index contributed by atoms with van der Waals surface area (Å²) >= 11 is 0. The maximum Gasteiger partial charge on any atom is 0.408 e. The highest BCUT2D eigenvalue weighted by Gasteiger charge is 2.40. The van der Waals surface area contributed by atoms with Crippen molar-refractivity contribution >= 4 is 17.9 Å². The van der Waals surface area contributed by atoms with Crippen LogP contribution in [0.4, 0.5) is 4.79 Å². The zero-order chi connectivity index (χ0) is 28.6. The first-order chi connectivity index (χ1) is 18.5. The van der Waals surface area contributed by atoms with E-state index in [0.29, 0.717) is 37.1 Å². The average molecular weight is 535 g/mol. The van der Waals surface area contributed by atoms with E-state index in [1.165, 1.54) is 7.11 Å². The molecule has 0 aliphatic carbocycles. The number of aryl methyl sites for hydroxylation is 1. The first-order valence-electron chi connectivity index (χ1n) is 13.2. The molecule has 1 heterocycles. The fourth-order valence-corrected chi connectivity index (χ4v) is 4.65. The highest BCUT2D eigenvalue weighted by Crippen LogP contribution is 2.25. The molecule has 2 aromatic rings. The second-order valence-electron chi connectivity index (χ2n) is 10.9. The third kappa shape index (κ3) is 8.47. The number of likely N-dealkylation sites (tertiary alicyclic amines) is 1. The molecule has 2 N–H and O–H groups in total. The van der Waals surface area contributed by atoms with E-state index in [0.717, 1.165) is 11.1 Å². The van der Waals surface area contributed by atoms with Gasteiger partial charge < -0.3 is 25.0 Å². The van der Waals surface area contributed by atoms with E-state index in [4.69, 9.17) is 9.47 Å². The first kappa shape index (κ1) is 29.5. The summed E-state index contributed by atoms with van der Waals surface area (Å²) in [5.74, 6) is -0.0162. The number of carbonyl (C=O) groups is 3. The smallest absolute Gasteiger partial charge is 0.408 e. The lowest BCUT2D eigenvalue weighted by atomic mass is 10.0. The van der Waals surface area contributed by atoms with E-state index in [-0.39, 0.29) is 24.3 Å². The monoisotopic (exact) mass is 534 g/mol. The van der Waals surface area contributed by atoms with Crippen molar-refractivity contribution < 1.29 is 23.9 Å². The SMILES string of the molecule is COc1cc(CNC(=O)[C@@H]2C[C@@H](C)CN2C(=O)C(CCc2ccccc2)NC(=O)OC(C)(C)C)ccc1C#N. The predicted molar refractivity (Wildman–Crippen MR) is 147 cm³/mol. The number of ether oxygens (including phenoxy) is 2. The van der Waals surface area contributed by atoms with Gasteiger partial charge >= 0.3 is 6.09 Å². The van der Waals surface area contributed by atoms with Crippen molar-refractivity contribution in [3.05, 3.63) is 65.2 Å². The minimum atomic E-state index is -0.844. The Morgan fingerprint density at radius 1 is 1.13 bits per heavy atom. The van der Waals surface area contributed by atoms with Crippen LogP contribution in [0.5, 0.6) is 5.75 Å². The van der Waals surface area contributed by atoms with Gasteiger partial charge in [0.1, 0.15) is 29.5 Å². The molecule has 9 nitrogen and oxygen atoms in total. The lowest BCUT2D eigenvalue weighted by molar-refractivity contribution is -0.140. The number of benzene rings is 2. The van der Waals surface area contributed by atoms with Gasteiger partial charge in [-0.15, -0.1) is 0 Å². The van der Waals surface area contributed by atoms with Gasteiger partial charge in [0.2, 0.25) is 11.8 Å². The van der Waals surface area contributed by atoms with Gasteiger partial charge in [0.25, 0.3) is 0 Å². The van der Waals surface area contributed by atoms with Crippen molar-refractivity contribution in [3.63, 3.8) is 0 Å². The van der Waals surface area contributed by atoms with E-state index >= 15 is 0 Å². The van der Waals surface area contributed by atoms with E-state index in [1.54, 1.807) is 43.9 Å². The first-order valence-corrected chi connectivity index (χ1v) is 13.2. The molecular formula is C30H38N4O5. The Morgan fingerprint density at radius 3 is 2.49 bits per heavy atom. The molecule has 1 unspecified atom stereocenters. The van der Waals surface area contributed by atoms with Crippen molar-refractivity contribution in [2.45, 2.75) is 71.2 Å². The van der Waals surface area contributed by atoms with Crippen LogP contribution < -0.4 is 15.4 Å². The molecule has 3 rings (SSSR count). The summed E-state index contributed by atoms with van der Waals surface area (Å²) in [7, 11) is 1.49. The van der Waals surface area contributed by atoms with Crippen molar-refractivity contribution in [2.24, 2.45) is 5.92 Å². The number of rotatable bonds is 9. The zero-order valence-electron chi connectivity index (χ0n) is 23.3. The molecule has 3 amide bonds. The number of nitriles is 1. The Hall–Kier alpha value is -4.06. The lowest BCUT2D eigenvalue weighted by Crippen LogP contribution is -2.54. The second-order valence-corrected chi connectivity index (χ2v) is 10.9. The van der Waals surface area contributed by atoms with Crippen molar-refractivity contribution in [1.82, 2.24) is 15.5 Å². The Kier molecular flexibility index (Phi) is 9.94. The van der Waals surface area contributed by atoms with Crippen molar-refractivity contribution in [1.29, 1.82) is 5.26 Å². The van der Waals surface area contributed by atoms with Crippen LogP contribution in [0.2, 0.25) is 0 Å². The summed E-state index contributed by atoms with van der Waals surface area (Å²) in [6.45, 7) is 7.93. The van der Waals surface area contributed by atoms with Crippen LogP contribution >= 0.6 is 0 Å². The number of methoxy groups -OCH3 is 1. The van der Waals surface area contributed by atoms with Crippen LogP contribution in [0.25, 0.3) is 0 Å². The average Bonchev–Trinajstić information content (AvgIpc) is 3.30. The van der Waals surface area contributed by atoms with Crippen LogP contribution in [0.3, 0.4) is 0 Å². The standard InChI is InChI=1S/C30H38N4O5/c1-20-15-25(27(35)32-18-22-11-13-23(17-31)26(16-22)38-5)34(19-20)28(36)24(33-29(37)39-30(2,3)4)14-12-21-9-7-6-8-10-21/h6-11,13,16,20,24-25H,12,14-15,18-19H2,1-5H3,(H,32,35)(H,33,37)/t20-,24?,25+/m1/s1. The van der Waals surface area contributed by atoms with Crippen molar-refractivity contribution in [2.75, 3.05) is 13.7 Å². The molecule has 9 heteroatoms. The van der Waals surface area contributed by atoms with Crippen LogP contribution in [0.15, 0.2) is 48.5 Å². The number of carbonyl (C=O) groups excluding carboxylic acids is 3. The summed E-state index contributed by atoms with van der Waals surface area (Å²) in [5, 5.41) is 14.9. The molecule has 1 aliphatic heterocycles. The van der Waals surface area contributed by atoms with Gasteiger partial charge in [0.05, 0.1) is 12.7 Å². The Labute approximate surface area is 230 Å². The van der Waals surface area contributed by atoms with Gasteiger partial charge in [0.15, 0.2) is 0 Å². The number of hydrogen-bond donors (Lipinski definition) is 2. The van der Waals surface area contributed by atoms with E-state index in [1.807, 2.05) is 37.3 Å². The van der Waals surface area contributed by atoms with E-state index in [2.05, 4.69) is 16.7 Å².